The molecule has 1 heterocycles. The molecule has 1 aromatic carbocycles. The summed E-state index contributed by atoms with van der Waals surface area (Å²) in [5, 5.41) is 10.6. The van der Waals surface area contributed by atoms with Crippen LogP contribution in [0.25, 0.3) is 5.57 Å². The van der Waals surface area contributed by atoms with Gasteiger partial charge >= 0.3 is 0 Å². The van der Waals surface area contributed by atoms with Crippen LogP contribution < -0.4 is 0 Å². The fourth-order valence-corrected chi connectivity index (χ4v) is 3.21. The maximum Gasteiger partial charge on any atom is 0.296 e. The molecule has 0 radical (unpaired) electrons. The molecule has 3 rings (SSSR count). The Balaban J connectivity index is 1.93. The lowest BCUT2D eigenvalue weighted by Gasteiger charge is -2.29. The average Bonchev–Trinajstić information content (AvgIpc) is 2.72. The molecule has 0 aromatic heterocycles. The molecule has 21 heavy (non-hydrogen) atoms. The van der Waals surface area contributed by atoms with Crippen LogP contribution in [-0.2, 0) is 9.59 Å². The minimum atomic E-state index is -0.572. The monoisotopic (exact) mass is 305 g/mol. The Hall–Kier alpha value is -1.81. The number of hydrogen-bond donors (Lipinski definition) is 1. The highest BCUT2D eigenvalue weighted by Gasteiger charge is 2.43. The molecule has 5 heteroatoms. The van der Waals surface area contributed by atoms with Gasteiger partial charge in [0, 0.05) is 11.1 Å². The zero-order valence-corrected chi connectivity index (χ0v) is 12.3. The van der Waals surface area contributed by atoms with Crippen molar-refractivity contribution in [3.05, 3.63) is 40.6 Å². The first-order valence-corrected chi connectivity index (χ1v) is 7.54. The Kier molecular flexibility index (Phi) is 3.72. The van der Waals surface area contributed by atoms with E-state index in [0.29, 0.717) is 10.6 Å². The molecule has 4 nitrogen and oxygen atoms in total. The van der Waals surface area contributed by atoms with Crippen molar-refractivity contribution in [3.8, 4) is 0 Å². The fourth-order valence-electron chi connectivity index (χ4n) is 3.08. The SMILES string of the molecule is O=C1C(O)=C(c2ccc(Cl)cc2)C(=O)N1C1CCCCC1. The Bertz CT molecular complexity index is 615. The molecule has 1 aliphatic carbocycles. The van der Waals surface area contributed by atoms with Gasteiger partial charge in [-0.1, -0.05) is 43.0 Å². The molecule has 2 aliphatic rings. The van der Waals surface area contributed by atoms with Gasteiger partial charge in [0.1, 0.15) is 0 Å². The van der Waals surface area contributed by atoms with E-state index in [1.54, 1.807) is 24.3 Å². The van der Waals surface area contributed by atoms with Crippen molar-refractivity contribution in [2.24, 2.45) is 0 Å². The summed E-state index contributed by atoms with van der Waals surface area (Å²) in [5.74, 6) is -1.42. The van der Waals surface area contributed by atoms with Crippen molar-refractivity contribution < 1.29 is 14.7 Å². The van der Waals surface area contributed by atoms with Crippen molar-refractivity contribution in [2.75, 3.05) is 0 Å². The highest BCUT2D eigenvalue weighted by atomic mass is 35.5. The molecule has 1 saturated carbocycles. The average molecular weight is 306 g/mol. The first kappa shape index (κ1) is 14.1. The zero-order valence-electron chi connectivity index (χ0n) is 11.5. The van der Waals surface area contributed by atoms with Gasteiger partial charge in [0.15, 0.2) is 5.76 Å². The van der Waals surface area contributed by atoms with Gasteiger partial charge in [-0.25, -0.2) is 0 Å². The van der Waals surface area contributed by atoms with Crippen LogP contribution in [0.1, 0.15) is 37.7 Å². The summed E-state index contributed by atoms with van der Waals surface area (Å²) in [6.45, 7) is 0. The molecule has 0 bridgehead atoms. The first-order chi connectivity index (χ1) is 10.1. The number of carbonyl (C=O) groups excluding carboxylic acids is 2. The van der Waals surface area contributed by atoms with Crippen molar-refractivity contribution >= 4 is 29.0 Å². The number of halogens is 1. The summed E-state index contributed by atoms with van der Waals surface area (Å²) in [7, 11) is 0. The van der Waals surface area contributed by atoms with Crippen LogP contribution in [0, 0.1) is 0 Å². The van der Waals surface area contributed by atoms with Crippen molar-refractivity contribution in [1.29, 1.82) is 0 Å². The van der Waals surface area contributed by atoms with Gasteiger partial charge in [-0.15, -0.1) is 0 Å². The largest absolute Gasteiger partial charge is 0.502 e. The van der Waals surface area contributed by atoms with Crippen LogP contribution in [0.3, 0.4) is 0 Å². The molecule has 1 aromatic rings. The smallest absolute Gasteiger partial charge is 0.296 e. The second-order valence-electron chi connectivity index (χ2n) is 5.50. The Morgan fingerprint density at radius 3 is 2.24 bits per heavy atom. The van der Waals surface area contributed by atoms with Crippen LogP contribution in [0.5, 0.6) is 0 Å². The van der Waals surface area contributed by atoms with Gasteiger partial charge < -0.3 is 5.11 Å². The summed E-state index contributed by atoms with van der Waals surface area (Å²) in [6, 6.07) is 6.47. The van der Waals surface area contributed by atoms with E-state index < -0.39 is 17.6 Å². The molecule has 0 saturated heterocycles. The van der Waals surface area contributed by atoms with E-state index in [-0.39, 0.29) is 11.6 Å². The van der Waals surface area contributed by atoms with E-state index in [1.807, 2.05) is 0 Å². The van der Waals surface area contributed by atoms with E-state index in [2.05, 4.69) is 0 Å². The van der Waals surface area contributed by atoms with E-state index in [0.717, 1.165) is 32.1 Å². The van der Waals surface area contributed by atoms with Gasteiger partial charge in [0.2, 0.25) is 0 Å². The summed E-state index contributed by atoms with van der Waals surface area (Å²) in [5.41, 5.74) is 0.607. The van der Waals surface area contributed by atoms with Crippen molar-refractivity contribution in [1.82, 2.24) is 4.90 Å². The normalized spacial score (nSPS) is 20.5. The first-order valence-electron chi connectivity index (χ1n) is 7.16. The predicted octanol–water partition coefficient (Wildman–Crippen LogP) is 3.31. The number of aliphatic hydroxyl groups is 1. The van der Waals surface area contributed by atoms with Crippen molar-refractivity contribution in [3.63, 3.8) is 0 Å². The number of imide groups is 1. The lowest BCUT2D eigenvalue weighted by molar-refractivity contribution is -0.141. The van der Waals surface area contributed by atoms with E-state index in [1.165, 1.54) is 4.90 Å². The molecule has 110 valence electrons. The van der Waals surface area contributed by atoms with E-state index in [9.17, 15) is 14.7 Å². The maximum absolute atomic E-state index is 12.6. The zero-order chi connectivity index (χ0) is 15.0. The number of rotatable bonds is 2. The standard InChI is InChI=1S/C16H16ClNO3/c17-11-8-6-10(7-9-11)13-14(19)16(21)18(15(13)20)12-4-2-1-3-5-12/h6-9,12,19H,1-5H2. The van der Waals surface area contributed by atoms with Gasteiger partial charge in [-0.05, 0) is 30.5 Å². The van der Waals surface area contributed by atoms with Crippen LogP contribution in [0.4, 0.5) is 0 Å². The Morgan fingerprint density at radius 2 is 1.62 bits per heavy atom. The lowest BCUT2D eigenvalue weighted by atomic mass is 9.94. The van der Waals surface area contributed by atoms with Gasteiger partial charge in [0.25, 0.3) is 11.8 Å². The summed E-state index contributed by atoms with van der Waals surface area (Å²) in [6.07, 6.45) is 4.80. The molecule has 0 atom stereocenters. The summed E-state index contributed by atoms with van der Waals surface area (Å²) < 4.78 is 0. The molecule has 0 spiro atoms. The van der Waals surface area contributed by atoms with Gasteiger partial charge in [-0.2, -0.15) is 0 Å². The highest BCUT2D eigenvalue weighted by molar-refractivity contribution is 6.35. The maximum atomic E-state index is 12.6. The second kappa shape index (κ2) is 5.53. The summed E-state index contributed by atoms with van der Waals surface area (Å²) >= 11 is 5.83. The molecule has 1 fully saturated rings. The fraction of sp³-hybridized carbons (Fsp3) is 0.375. The third-order valence-corrected chi connectivity index (χ3v) is 4.42. The van der Waals surface area contributed by atoms with Crippen molar-refractivity contribution in [2.45, 2.75) is 38.1 Å². The highest BCUT2D eigenvalue weighted by Crippen LogP contribution is 2.33. The van der Waals surface area contributed by atoms with E-state index >= 15 is 0 Å². The molecular formula is C16H16ClNO3. The van der Waals surface area contributed by atoms with E-state index in [4.69, 9.17) is 11.6 Å². The van der Waals surface area contributed by atoms with Crippen LogP contribution in [-0.4, -0.2) is 27.9 Å². The molecule has 2 amide bonds. The predicted molar refractivity (Wildman–Crippen MR) is 79.7 cm³/mol. The number of benzene rings is 1. The molecule has 0 unspecified atom stereocenters. The third-order valence-electron chi connectivity index (χ3n) is 4.16. The quantitative estimate of drug-likeness (QED) is 0.853. The molecule has 1 N–H and O–H groups in total. The minimum Gasteiger partial charge on any atom is -0.502 e. The minimum absolute atomic E-state index is 0.0854. The summed E-state index contributed by atoms with van der Waals surface area (Å²) in [4.78, 5) is 26.0. The lowest BCUT2D eigenvalue weighted by Crippen LogP contribution is -2.42. The number of carbonyl (C=O) groups is 2. The van der Waals surface area contributed by atoms with Crippen LogP contribution in [0.2, 0.25) is 5.02 Å². The topological polar surface area (TPSA) is 57.6 Å². The Morgan fingerprint density at radius 1 is 1.00 bits per heavy atom. The number of hydrogen-bond acceptors (Lipinski definition) is 3. The third kappa shape index (κ3) is 2.44. The molecular weight excluding hydrogens is 290 g/mol. The molecule has 1 aliphatic heterocycles. The number of nitrogens with zero attached hydrogens (tertiary/aromatic N) is 1. The van der Waals surface area contributed by atoms with Gasteiger partial charge in [0.05, 0.1) is 5.57 Å². The van der Waals surface area contributed by atoms with Crippen LogP contribution in [0.15, 0.2) is 30.0 Å². The van der Waals surface area contributed by atoms with Crippen LogP contribution >= 0.6 is 11.6 Å². The number of amides is 2. The van der Waals surface area contributed by atoms with Gasteiger partial charge in [-0.3, -0.25) is 14.5 Å². The number of aliphatic hydroxyl groups excluding tert-OH is 1. The Labute approximate surface area is 128 Å². The second-order valence-corrected chi connectivity index (χ2v) is 5.94.